The van der Waals surface area contributed by atoms with Gasteiger partial charge in [-0.15, -0.1) is 0 Å². The number of aliphatic imine (C=N–C) groups is 2. The molecule has 0 atom stereocenters. The molecule has 0 saturated heterocycles. The molecule has 0 aromatic carbocycles. The smallest absolute Gasteiger partial charge is 0.110 e. The van der Waals surface area contributed by atoms with Gasteiger partial charge in [0.2, 0.25) is 0 Å². The van der Waals surface area contributed by atoms with Crippen LogP contribution in [-0.4, -0.2) is 37.9 Å². The molecule has 4 nitrogen and oxygen atoms in total. The highest BCUT2D eigenvalue weighted by atomic mass is 15.1. The molecule has 2 aliphatic rings. The van der Waals surface area contributed by atoms with Crippen LogP contribution in [0.25, 0.3) is 0 Å². The third kappa shape index (κ3) is 1.38. The van der Waals surface area contributed by atoms with Crippen molar-refractivity contribution in [3.63, 3.8) is 0 Å². The molecule has 0 aliphatic carbocycles. The summed E-state index contributed by atoms with van der Waals surface area (Å²) >= 11 is 0. The lowest BCUT2D eigenvalue weighted by Gasteiger charge is -2.28. The van der Waals surface area contributed by atoms with Gasteiger partial charge in [-0.25, -0.2) is 0 Å². The molecule has 14 heavy (non-hydrogen) atoms. The van der Waals surface area contributed by atoms with E-state index < -0.39 is 0 Å². The molecule has 0 radical (unpaired) electrons. The minimum Gasteiger partial charge on any atom is -0.371 e. The Morgan fingerprint density at radius 2 is 1.64 bits per heavy atom. The second-order valence-electron chi connectivity index (χ2n) is 4.00. The van der Waals surface area contributed by atoms with Gasteiger partial charge in [0, 0.05) is 13.1 Å². The molecule has 0 fully saturated rings. The van der Waals surface area contributed by atoms with Gasteiger partial charge in [0.05, 0.1) is 18.5 Å². The fourth-order valence-corrected chi connectivity index (χ4v) is 1.98. The average Bonchev–Trinajstić information content (AvgIpc) is 2.88. The molecule has 0 spiro atoms. The summed E-state index contributed by atoms with van der Waals surface area (Å²) < 4.78 is 0. The lowest BCUT2D eigenvalue weighted by molar-refractivity contribution is 0.585. The first-order valence-corrected chi connectivity index (χ1v) is 5.35. The van der Waals surface area contributed by atoms with Gasteiger partial charge in [0.25, 0.3) is 0 Å². The lowest BCUT2D eigenvalue weighted by Crippen LogP contribution is -2.46. The van der Waals surface area contributed by atoms with Gasteiger partial charge in [-0.3, -0.25) is 9.98 Å². The van der Waals surface area contributed by atoms with Crippen LogP contribution in [0.3, 0.4) is 0 Å². The highest BCUT2D eigenvalue weighted by Crippen LogP contribution is 2.26. The SMILES string of the molecule is CCC(C)(C1=NCCN1)C1=NCCN1. The quantitative estimate of drug-likeness (QED) is 0.683. The summed E-state index contributed by atoms with van der Waals surface area (Å²) in [5, 5.41) is 6.71. The van der Waals surface area contributed by atoms with Gasteiger partial charge in [-0.1, -0.05) is 6.92 Å². The summed E-state index contributed by atoms with van der Waals surface area (Å²) in [5.74, 6) is 2.21. The zero-order valence-electron chi connectivity index (χ0n) is 8.93. The molecule has 0 unspecified atom stereocenters. The highest BCUT2D eigenvalue weighted by Gasteiger charge is 2.37. The average molecular weight is 194 g/mol. The maximum Gasteiger partial charge on any atom is 0.110 e. The number of rotatable bonds is 3. The van der Waals surface area contributed by atoms with Gasteiger partial charge < -0.3 is 10.6 Å². The van der Waals surface area contributed by atoms with Crippen molar-refractivity contribution >= 4 is 11.7 Å². The van der Waals surface area contributed by atoms with E-state index in [4.69, 9.17) is 0 Å². The Labute approximate surface area is 84.9 Å². The molecule has 4 heteroatoms. The number of hydrogen-bond acceptors (Lipinski definition) is 4. The van der Waals surface area contributed by atoms with E-state index in [0.717, 1.165) is 44.3 Å². The van der Waals surface area contributed by atoms with Gasteiger partial charge >= 0.3 is 0 Å². The first-order valence-electron chi connectivity index (χ1n) is 5.35. The molecule has 78 valence electrons. The topological polar surface area (TPSA) is 48.8 Å². The van der Waals surface area contributed by atoms with Crippen LogP contribution in [0.2, 0.25) is 0 Å². The Balaban J connectivity index is 2.23. The van der Waals surface area contributed by atoms with Crippen LogP contribution in [0.5, 0.6) is 0 Å². The first-order chi connectivity index (χ1) is 6.77. The maximum absolute atomic E-state index is 4.51. The van der Waals surface area contributed by atoms with E-state index in [1.807, 2.05) is 0 Å². The van der Waals surface area contributed by atoms with E-state index in [-0.39, 0.29) is 5.41 Å². The Morgan fingerprint density at radius 3 is 1.93 bits per heavy atom. The predicted octanol–water partition coefficient (Wildman–Crippen LogP) is 0.406. The van der Waals surface area contributed by atoms with Crippen molar-refractivity contribution in [1.82, 2.24) is 10.6 Å². The van der Waals surface area contributed by atoms with Crippen molar-refractivity contribution in [2.45, 2.75) is 20.3 Å². The van der Waals surface area contributed by atoms with E-state index in [1.54, 1.807) is 0 Å². The lowest BCUT2D eigenvalue weighted by atomic mass is 9.84. The van der Waals surface area contributed by atoms with Crippen LogP contribution < -0.4 is 10.6 Å². The summed E-state index contributed by atoms with van der Waals surface area (Å²) in [4.78, 5) is 9.02. The van der Waals surface area contributed by atoms with Crippen molar-refractivity contribution in [2.24, 2.45) is 15.4 Å². The molecular weight excluding hydrogens is 176 g/mol. The van der Waals surface area contributed by atoms with Crippen LogP contribution >= 0.6 is 0 Å². The fraction of sp³-hybridized carbons (Fsp3) is 0.800. The Morgan fingerprint density at radius 1 is 1.14 bits per heavy atom. The van der Waals surface area contributed by atoms with Crippen LogP contribution in [0.1, 0.15) is 20.3 Å². The van der Waals surface area contributed by atoms with Gasteiger partial charge in [0.1, 0.15) is 11.7 Å². The zero-order valence-corrected chi connectivity index (χ0v) is 8.93. The summed E-state index contributed by atoms with van der Waals surface area (Å²) in [6, 6.07) is 0. The maximum atomic E-state index is 4.51. The molecule has 0 aromatic rings. The number of nitrogens with zero attached hydrogens (tertiary/aromatic N) is 2. The van der Waals surface area contributed by atoms with E-state index in [1.165, 1.54) is 0 Å². The highest BCUT2D eigenvalue weighted by molar-refractivity contribution is 6.10. The standard InChI is InChI=1S/C10H18N4/c1-3-10(2,8-11-4-5-12-8)9-13-6-7-14-9/h3-7H2,1-2H3,(H,11,12)(H,13,14). The summed E-state index contributed by atoms with van der Waals surface area (Å²) in [7, 11) is 0. The van der Waals surface area contributed by atoms with Crippen LogP contribution in [0, 0.1) is 5.41 Å². The Bertz CT molecular complexity index is 256. The van der Waals surface area contributed by atoms with Crippen molar-refractivity contribution in [2.75, 3.05) is 26.2 Å². The van der Waals surface area contributed by atoms with Crippen molar-refractivity contribution < 1.29 is 0 Å². The number of amidine groups is 2. The molecule has 2 aliphatic heterocycles. The number of hydrogen-bond donors (Lipinski definition) is 2. The molecule has 2 N–H and O–H groups in total. The van der Waals surface area contributed by atoms with Gasteiger partial charge in [-0.2, -0.15) is 0 Å². The summed E-state index contributed by atoms with van der Waals surface area (Å²) in [6.07, 6.45) is 1.03. The van der Waals surface area contributed by atoms with Crippen molar-refractivity contribution in [3.8, 4) is 0 Å². The minimum absolute atomic E-state index is 0.0208. The zero-order chi connectivity index (χ0) is 10.0. The van der Waals surface area contributed by atoms with Crippen LogP contribution in [0.15, 0.2) is 9.98 Å². The first kappa shape index (κ1) is 9.49. The number of nitrogens with one attached hydrogen (secondary N) is 2. The molecular formula is C10H18N4. The molecule has 0 saturated carbocycles. The van der Waals surface area contributed by atoms with Crippen molar-refractivity contribution in [3.05, 3.63) is 0 Å². The molecule has 0 amide bonds. The van der Waals surface area contributed by atoms with E-state index in [9.17, 15) is 0 Å². The second-order valence-corrected chi connectivity index (χ2v) is 4.00. The monoisotopic (exact) mass is 194 g/mol. The predicted molar refractivity (Wildman–Crippen MR) is 59.0 cm³/mol. The third-order valence-corrected chi connectivity index (χ3v) is 3.10. The van der Waals surface area contributed by atoms with Gasteiger partial charge in [-0.05, 0) is 13.3 Å². The van der Waals surface area contributed by atoms with Crippen molar-refractivity contribution in [1.29, 1.82) is 0 Å². The van der Waals surface area contributed by atoms with Crippen LogP contribution in [0.4, 0.5) is 0 Å². The largest absolute Gasteiger partial charge is 0.371 e. The second kappa shape index (κ2) is 3.59. The summed E-state index contributed by atoms with van der Waals surface area (Å²) in [5.41, 5.74) is -0.0208. The molecule has 2 heterocycles. The normalized spacial score (nSPS) is 21.3. The minimum atomic E-state index is -0.0208. The molecule has 0 bridgehead atoms. The Hall–Kier alpha value is -1.06. The summed E-state index contributed by atoms with van der Waals surface area (Å²) in [6.45, 7) is 8.14. The van der Waals surface area contributed by atoms with Crippen LogP contribution in [-0.2, 0) is 0 Å². The molecule has 2 rings (SSSR count). The van der Waals surface area contributed by atoms with E-state index in [2.05, 4.69) is 34.5 Å². The van der Waals surface area contributed by atoms with Gasteiger partial charge in [0.15, 0.2) is 0 Å². The molecule has 0 aromatic heterocycles. The third-order valence-electron chi connectivity index (χ3n) is 3.10. The Kier molecular flexibility index (Phi) is 2.44. The fourth-order valence-electron chi connectivity index (χ4n) is 1.98. The van der Waals surface area contributed by atoms with E-state index in [0.29, 0.717) is 0 Å². The van der Waals surface area contributed by atoms with E-state index >= 15 is 0 Å².